The molecule has 1 N–H and O–H groups in total. The van der Waals surface area contributed by atoms with Crippen molar-refractivity contribution >= 4 is 33.3 Å². The fraction of sp³-hybridized carbons (Fsp3) is 0.118. The number of aromatic nitrogens is 3. The lowest BCUT2D eigenvalue weighted by Gasteiger charge is -2.04. The molecule has 0 saturated carbocycles. The van der Waals surface area contributed by atoms with Crippen molar-refractivity contribution in [3.8, 4) is 16.6 Å². The number of hydrogen-bond acceptors (Lipinski definition) is 7. The molecule has 0 unspecified atom stereocenters. The van der Waals surface area contributed by atoms with Gasteiger partial charge in [0.2, 0.25) is 11.9 Å². The van der Waals surface area contributed by atoms with Gasteiger partial charge in [-0.1, -0.05) is 11.3 Å². The van der Waals surface area contributed by atoms with Gasteiger partial charge < -0.3 is 19.2 Å². The van der Waals surface area contributed by atoms with Crippen LogP contribution in [0, 0.1) is 6.92 Å². The lowest BCUT2D eigenvalue weighted by molar-refractivity contribution is 0.0996. The molecule has 4 heterocycles. The molecule has 5 rings (SSSR count). The van der Waals surface area contributed by atoms with Crippen LogP contribution in [0.2, 0.25) is 0 Å². The van der Waals surface area contributed by atoms with Crippen molar-refractivity contribution in [2.75, 3.05) is 12.1 Å². The number of rotatable bonds is 3. The maximum Gasteiger partial charge on any atom is 0.292 e. The largest absolute Gasteiger partial charge is 0.459 e. The number of nitrogens with one attached hydrogen (secondary N) is 1. The Morgan fingerprint density at radius 2 is 2.12 bits per heavy atom. The maximum atomic E-state index is 12.3. The molecule has 0 radical (unpaired) electrons. The minimum absolute atomic E-state index is 0.223. The average molecular weight is 368 g/mol. The molecule has 0 atom stereocenters. The number of hydrogen-bond donors (Lipinski definition) is 1. The maximum absolute atomic E-state index is 12.3. The van der Waals surface area contributed by atoms with E-state index in [1.807, 2.05) is 19.1 Å². The summed E-state index contributed by atoms with van der Waals surface area (Å²) in [6.45, 7) is 2.07. The van der Waals surface area contributed by atoms with Gasteiger partial charge in [0, 0.05) is 18.2 Å². The van der Waals surface area contributed by atoms with Gasteiger partial charge in [-0.05, 0) is 19.1 Å². The Bertz CT molecular complexity index is 1090. The predicted molar refractivity (Wildman–Crippen MR) is 94.3 cm³/mol. The molecule has 3 aromatic heterocycles. The molecule has 1 aliphatic heterocycles. The Balaban J connectivity index is 1.54. The lowest BCUT2D eigenvalue weighted by atomic mass is 10.3. The van der Waals surface area contributed by atoms with Crippen LogP contribution in [0.3, 0.4) is 0 Å². The van der Waals surface area contributed by atoms with Gasteiger partial charge in [0.1, 0.15) is 5.82 Å². The predicted octanol–water partition coefficient (Wildman–Crippen LogP) is 3.36. The van der Waals surface area contributed by atoms with Gasteiger partial charge in [0.05, 0.1) is 22.2 Å². The summed E-state index contributed by atoms with van der Waals surface area (Å²) >= 11 is 1.45. The van der Waals surface area contributed by atoms with Crippen molar-refractivity contribution in [3.05, 3.63) is 48.0 Å². The Morgan fingerprint density at radius 3 is 2.92 bits per heavy atom. The molecule has 9 heteroatoms. The number of furan rings is 1. The minimum Gasteiger partial charge on any atom is -0.459 e. The summed E-state index contributed by atoms with van der Waals surface area (Å²) in [6.07, 6.45) is 1.45. The number of aryl methyl sites for hydroxylation is 1. The molecule has 130 valence electrons. The number of carbonyl (C=O) groups excluding carboxylic acids is 1. The van der Waals surface area contributed by atoms with Crippen LogP contribution in [0.4, 0.5) is 5.82 Å². The molecule has 1 aromatic carbocycles. The van der Waals surface area contributed by atoms with Crippen LogP contribution >= 0.6 is 11.3 Å². The van der Waals surface area contributed by atoms with Crippen LogP contribution in [0.15, 0.2) is 41.0 Å². The van der Waals surface area contributed by atoms with E-state index in [0.717, 1.165) is 15.9 Å². The van der Waals surface area contributed by atoms with Crippen molar-refractivity contribution in [2.24, 2.45) is 0 Å². The molecular formula is C17H12N4O4S. The number of benzene rings is 1. The summed E-state index contributed by atoms with van der Waals surface area (Å²) in [7, 11) is 0. The van der Waals surface area contributed by atoms with Gasteiger partial charge in [-0.15, -0.1) is 0 Å². The molecule has 0 spiro atoms. The molecule has 0 fully saturated rings. The third kappa shape index (κ3) is 2.40. The number of carbonyl (C=O) groups is 1. The zero-order valence-electron chi connectivity index (χ0n) is 13.6. The fourth-order valence-electron chi connectivity index (χ4n) is 2.72. The Kier molecular flexibility index (Phi) is 3.22. The van der Waals surface area contributed by atoms with Gasteiger partial charge in [-0.3, -0.25) is 4.79 Å². The molecule has 1 amide bonds. The van der Waals surface area contributed by atoms with Gasteiger partial charge in [0.25, 0.3) is 5.91 Å². The van der Waals surface area contributed by atoms with Crippen molar-refractivity contribution < 1.29 is 18.7 Å². The first-order valence-electron chi connectivity index (χ1n) is 7.79. The van der Waals surface area contributed by atoms with Crippen LogP contribution in [0.1, 0.15) is 16.2 Å². The number of thiazole rings is 1. The Labute approximate surface area is 151 Å². The zero-order valence-corrected chi connectivity index (χ0v) is 14.4. The first-order valence-corrected chi connectivity index (χ1v) is 8.61. The molecule has 8 nitrogen and oxygen atoms in total. The van der Waals surface area contributed by atoms with E-state index in [4.69, 9.17) is 13.9 Å². The number of nitrogens with zero attached hydrogens (tertiary/aromatic N) is 3. The SMILES string of the molecule is Cc1cc(NC(=O)c2ccco2)n(-c2nc3cc4c(cc3s2)OCO4)n1. The normalized spacial score (nSPS) is 12.7. The fourth-order valence-corrected chi connectivity index (χ4v) is 3.66. The third-order valence-corrected chi connectivity index (χ3v) is 4.86. The number of fused-ring (bicyclic) bond motifs is 2. The zero-order chi connectivity index (χ0) is 17.7. The summed E-state index contributed by atoms with van der Waals surface area (Å²) in [5.74, 6) is 1.78. The minimum atomic E-state index is -0.349. The topological polar surface area (TPSA) is 91.4 Å². The molecular weight excluding hydrogens is 356 g/mol. The molecule has 4 aromatic rings. The van der Waals surface area contributed by atoms with Crippen molar-refractivity contribution in [1.82, 2.24) is 14.8 Å². The van der Waals surface area contributed by atoms with E-state index >= 15 is 0 Å². The van der Waals surface area contributed by atoms with Crippen molar-refractivity contribution in [2.45, 2.75) is 6.92 Å². The van der Waals surface area contributed by atoms with Gasteiger partial charge in [0.15, 0.2) is 17.3 Å². The van der Waals surface area contributed by atoms with Gasteiger partial charge in [-0.2, -0.15) is 9.78 Å². The number of anilines is 1. The van der Waals surface area contributed by atoms with Crippen molar-refractivity contribution in [3.63, 3.8) is 0 Å². The Hall–Kier alpha value is -3.33. The second kappa shape index (κ2) is 5.60. The van der Waals surface area contributed by atoms with E-state index < -0.39 is 0 Å². The van der Waals surface area contributed by atoms with E-state index in [0.29, 0.717) is 22.4 Å². The van der Waals surface area contributed by atoms with E-state index in [9.17, 15) is 4.79 Å². The van der Waals surface area contributed by atoms with Gasteiger partial charge >= 0.3 is 0 Å². The first kappa shape index (κ1) is 15.0. The number of ether oxygens (including phenoxy) is 2. The third-order valence-electron chi connectivity index (χ3n) is 3.87. The summed E-state index contributed by atoms with van der Waals surface area (Å²) in [5, 5.41) is 7.88. The molecule has 0 saturated heterocycles. The Morgan fingerprint density at radius 1 is 1.27 bits per heavy atom. The van der Waals surface area contributed by atoms with Crippen LogP contribution in [0.5, 0.6) is 11.5 Å². The smallest absolute Gasteiger partial charge is 0.292 e. The highest BCUT2D eigenvalue weighted by Gasteiger charge is 2.19. The molecule has 0 aliphatic carbocycles. The quantitative estimate of drug-likeness (QED) is 0.596. The second-order valence-corrected chi connectivity index (χ2v) is 6.69. The number of amides is 1. The molecule has 0 bridgehead atoms. The van der Waals surface area contributed by atoms with Crippen LogP contribution in [0.25, 0.3) is 15.3 Å². The summed E-state index contributed by atoms with van der Waals surface area (Å²) < 4.78 is 18.5. The standard InChI is InChI=1S/C17H12N4O4S/c1-9-5-15(19-16(22)11-3-2-4-23-11)21(20-9)17-18-10-6-12-13(25-8-24-12)7-14(10)26-17/h2-7H,8H2,1H3,(H,19,22). The molecule has 26 heavy (non-hydrogen) atoms. The van der Waals surface area contributed by atoms with Crippen molar-refractivity contribution in [1.29, 1.82) is 0 Å². The first-order chi connectivity index (χ1) is 12.7. The van der Waals surface area contributed by atoms with E-state index in [2.05, 4.69) is 15.4 Å². The van der Waals surface area contributed by atoms with E-state index in [-0.39, 0.29) is 18.5 Å². The summed E-state index contributed by atoms with van der Waals surface area (Å²) in [6, 6.07) is 8.78. The highest BCUT2D eigenvalue weighted by Crippen LogP contribution is 2.38. The highest BCUT2D eigenvalue weighted by atomic mass is 32.1. The second-order valence-electron chi connectivity index (χ2n) is 5.68. The monoisotopic (exact) mass is 368 g/mol. The van der Waals surface area contributed by atoms with Gasteiger partial charge in [-0.25, -0.2) is 4.98 Å². The highest BCUT2D eigenvalue weighted by molar-refractivity contribution is 7.20. The van der Waals surface area contributed by atoms with E-state index in [1.54, 1.807) is 22.9 Å². The van der Waals surface area contributed by atoms with Crippen LogP contribution in [-0.2, 0) is 0 Å². The summed E-state index contributed by atoms with van der Waals surface area (Å²) in [5.41, 5.74) is 1.54. The average Bonchev–Trinajstić information content (AvgIpc) is 3.38. The lowest BCUT2D eigenvalue weighted by Crippen LogP contribution is -2.14. The van der Waals surface area contributed by atoms with E-state index in [1.165, 1.54) is 17.6 Å². The van der Waals surface area contributed by atoms with Crippen LogP contribution in [-0.4, -0.2) is 27.5 Å². The molecule has 1 aliphatic rings. The van der Waals surface area contributed by atoms with Crippen LogP contribution < -0.4 is 14.8 Å². The summed E-state index contributed by atoms with van der Waals surface area (Å²) in [4.78, 5) is 16.9.